The topological polar surface area (TPSA) is 98.9 Å². The van der Waals surface area contributed by atoms with Gasteiger partial charge in [0.25, 0.3) is 0 Å². The quantitative estimate of drug-likeness (QED) is 0.296. The van der Waals surface area contributed by atoms with Crippen molar-refractivity contribution in [2.45, 2.75) is 0 Å². The lowest BCUT2D eigenvalue weighted by molar-refractivity contribution is 0.0563. The Bertz CT molecular complexity index is 707. The third-order valence-corrected chi connectivity index (χ3v) is 2.74. The van der Waals surface area contributed by atoms with Gasteiger partial charge in [-0.05, 0) is 17.7 Å². The molecule has 21 heavy (non-hydrogen) atoms. The minimum atomic E-state index is -0.499. The molecule has 0 aliphatic heterocycles. The molecule has 0 fully saturated rings. The second-order valence-corrected chi connectivity index (χ2v) is 4.13. The van der Waals surface area contributed by atoms with Crippen molar-refractivity contribution in [1.29, 1.82) is 5.41 Å². The van der Waals surface area contributed by atoms with Crippen LogP contribution in [0.4, 0.5) is 5.69 Å². The van der Waals surface area contributed by atoms with Crippen molar-refractivity contribution >= 4 is 17.4 Å². The molecule has 6 nitrogen and oxygen atoms in total. The van der Waals surface area contributed by atoms with Crippen molar-refractivity contribution in [3.8, 4) is 0 Å². The summed E-state index contributed by atoms with van der Waals surface area (Å²) in [4.78, 5) is 14.5. The van der Waals surface area contributed by atoms with E-state index >= 15 is 0 Å². The summed E-state index contributed by atoms with van der Waals surface area (Å²) < 4.78 is 5.08. The number of carbonyl (C=O) groups is 1. The first kappa shape index (κ1) is 14.3. The van der Waals surface area contributed by atoms with Crippen LogP contribution in [0.25, 0.3) is 10.4 Å². The summed E-state index contributed by atoms with van der Waals surface area (Å²) in [6.07, 6.45) is 0. The predicted molar refractivity (Wildman–Crippen MR) is 78.8 cm³/mol. The molecule has 104 valence electrons. The SMILES string of the molecule is [N-]=[N+]=Nc1ccccc1C(=N)COC(=O)c1ccccc1. The lowest BCUT2D eigenvalue weighted by Crippen LogP contribution is -2.14. The van der Waals surface area contributed by atoms with Crippen LogP contribution < -0.4 is 0 Å². The Labute approximate surface area is 121 Å². The Balaban J connectivity index is 2.06. The Morgan fingerprint density at radius 1 is 1.14 bits per heavy atom. The summed E-state index contributed by atoms with van der Waals surface area (Å²) in [6, 6.07) is 15.2. The summed E-state index contributed by atoms with van der Waals surface area (Å²) >= 11 is 0. The Hall–Kier alpha value is -3.11. The van der Waals surface area contributed by atoms with Crippen LogP contribution in [0.2, 0.25) is 0 Å². The van der Waals surface area contributed by atoms with E-state index in [1.54, 1.807) is 54.6 Å². The number of esters is 1. The summed E-state index contributed by atoms with van der Waals surface area (Å²) in [5.74, 6) is -0.499. The molecule has 2 aromatic rings. The van der Waals surface area contributed by atoms with Crippen molar-refractivity contribution in [2.75, 3.05) is 6.61 Å². The molecule has 0 bridgehead atoms. The van der Waals surface area contributed by atoms with Crippen LogP contribution in [0.1, 0.15) is 15.9 Å². The molecule has 6 heteroatoms. The molecule has 0 aromatic heterocycles. The minimum absolute atomic E-state index is 0.0716. The zero-order valence-corrected chi connectivity index (χ0v) is 11.1. The van der Waals surface area contributed by atoms with E-state index in [9.17, 15) is 4.79 Å². The maximum atomic E-state index is 11.8. The first-order valence-electron chi connectivity index (χ1n) is 6.16. The van der Waals surface area contributed by atoms with E-state index in [1.807, 2.05) is 0 Å². The average Bonchev–Trinajstić information content (AvgIpc) is 2.54. The molecule has 1 N–H and O–H groups in total. The van der Waals surface area contributed by atoms with Crippen LogP contribution in [0, 0.1) is 5.41 Å². The molecule has 0 heterocycles. The number of ether oxygens (including phenoxy) is 1. The van der Waals surface area contributed by atoms with Crippen LogP contribution in [0.5, 0.6) is 0 Å². The fourth-order valence-electron chi connectivity index (χ4n) is 1.74. The van der Waals surface area contributed by atoms with Gasteiger partial charge in [-0.25, -0.2) is 4.79 Å². The van der Waals surface area contributed by atoms with E-state index in [2.05, 4.69) is 10.0 Å². The molecule has 0 aliphatic carbocycles. The highest BCUT2D eigenvalue weighted by Gasteiger charge is 2.11. The van der Waals surface area contributed by atoms with Gasteiger partial charge < -0.3 is 10.1 Å². The predicted octanol–water partition coefficient (Wildman–Crippen LogP) is 3.85. The summed E-state index contributed by atoms with van der Waals surface area (Å²) in [5.41, 5.74) is 9.77. The number of azide groups is 1. The molecule has 0 spiro atoms. The van der Waals surface area contributed by atoms with Crippen LogP contribution in [-0.4, -0.2) is 18.3 Å². The van der Waals surface area contributed by atoms with E-state index in [1.165, 1.54) is 0 Å². The van der Waals surface area contributed by atoms with Crippen molar-refractivity contribution in [3.63, 3.8) is 0 Å². The zero-order valence-electron chi connectivity index (χ0n) is 11.1. The molecule has 2 rings (SSSR count). The third-order valence-electron chi connectivity index (χ3n) is 2.74. The first-order chi connectivity index (χ1) is 10.2. The average molecular weight is 280 g/mol. The number of carbonyl (C=O) groups excluding carboxylic acids is 1. The second-order valence-electron chi connectivity index (χ2n) is 4.13. The van der Waals surface area contributed by atoms with Crippen LogP contribution in [0.3, 0.4) is 0 Å². The van der Waals surface area contributed by atoms with Gasteiger partial charge in [0.2, 0.25) is 0 Å². The van der Waals surface area contributed by atoms with Gasteiger partial charge in [-0.2, -0.15) is 0 Å². The number of hydrogen-bond donors (Lipinski definition) is 1. The largest absolute Gasteiger partial charge is 0.456 e. The second kappa shape index (κ2) is 6.88. The molecule has 0 atom stereocenters. The smallest absolute Gasteiger partial charge is 0.338 e. The highest BCUT2D eigenvalue weighted by molar-refractivity contribution is 6.04. The van der Waals surface area contributed by atoms with E-state index in [4.69, 9.17) is 15.7 Å². The lowest BCUT2D eigenvalue weighted by atomic mass is 10.1. The highest BCUT2D eigenvalue weighted by Crippen LogP contribution is 2.19. The molecule has 2 aromatic carbocycles. The molecule has 0 saturated heterocycles. The van der Waals surface area contributed by atoms with Gasteiger partial charge in [-0.3, -0.25) is 0 Å². The molecule has 0 amide bonds. The zero-order chi connectivity index (χ0) is 15.1. The number of rotatable bonds is 5. The van der Waals surface area contributed by atoms with E-state index < -0.39 is 5.97 Å². The third kappa shape index (κ3) is 3.68. The number of nitrogens with one attached hydrogen (secondary N) is 1. The number of nitrogens with zero attached hydrogens (tertiary/aromatic N) is 3. The van der Waals surface area contributed by atoms with Gasteiger partial charge in [-0.15, -0.1) is 0 Å². The standard InChI is InChI=1S/C15H12N4O2/c16-13(12-8-4-5-9-14(12)18-19-17)10-21-15(20)11-6-2-1-3-7-11/h1-9,16H,10H2. The summed E-state index contributed by atoms with van der Waals surface area (Å²) in [7, 11) is 0. The highest BCUT2D eigenvalue weighted by atomic mass is 16.5. The van der Waals surface area contributed by atoms with Crippen molar-refractivity contribution < 1.29 is 9.53 Å². The Morgan fingerprint density at radius 3 is 2.52 bits per heavy atom. The van der Waals surface area contributed by atoms with E-state index in [0.29, 0.717) is 16.8 Å². The van der Waals surface area contributed by atoms with Gasteiger partial charge >= 0.3 is 5.97 Å². The molecule has 0 saturated carbocycles. The molecular weight excluding hydrogens is 268 g/mol. The monoisotopic (exact) mass is 280 g/mol. The van der Waals surface area contributed by atoms with Crippen molar-refractivity contribution in [2.24, 2.45) is 5.11 Å². The Kier molecular flexibility index (Phi) is 4.69. The van der Waals surface area contributed by atoms with Gasteiger partial charge in [0, 0.05) is 16.2 Å². The maximum absolute atomic E-state index is 11.8. The number of hydrogen-bond acceptors (Lipinski definition) is 4. The number of benzene rings is 2. The van der Waals surface area contributed by atoms with E-state index in [0.717, 1.165) is 0 Å². The van der Waals surface area contributed by atoms with Gasteiger partial charge in [0.1, 0.15) is 6.61 Å². The summed E-state index contributed by atoms with van der Waals surface area (Å²) in [5, 5.41) is 11.5. The van der Waals surface area contributed by atoms with Gasteiger partial charge in [0.05, 0.1) is 11.3 Å². The maximum Gasteiger partial charge on any atom is 0.338 e. The molecule has 0 unspecified atom stereocenters. The first-order valence-corrected chi connectivity index (χ1v) is 6.16. The van der Waals surface area contributed by atoms with E-state index in [-0.39, 0.29) is 12.3 Å². The van der Waals surface area contributed by atoms with Crippen LogP contribution in [-0.2, 0) is 4.74 Å². The van der Waals surface area contributed by atoms with Crippen LogP contribution >= 0.6 is 0 Å². The van der Waals surface area contributed by atoms with Crippen LogP contribution in [0.15, 0.2) is 59.7 Å². The normalized spacial score (nSPS) is 9.52. The van der Waals surface area contributed by atoms with Gasteiger partial charge in [0.15, 0.2) is 0 Å². The minimum Gasteiger partial charge on any atom is -0.456 e. The Morgan fingerprint density at radius 2 is 1.81 bits per heavy atom. The fourth-order valence-corrected chi connectivity index (χ4v) is 1.74. The lowest BCUT2D eigenvalue weighted by Gasteiger charge is -2.08. The van der Waals surface area contributed by atoms with Crippen molar-refractivity contribution in [1.82, 2.24) is 0 Å². The molecule has 0 aliphatic rings. The fraction of sp³-hybridized carbons (Fsp3) is 0.0667. The molecular formula is C15H12N4O2. The van der Waals surface area contributed by atoms with Gasteiger partial charge in [-0.1, -0.05) is 47.6 Å². The van der Waals surface area contributed by atoms with Crippen molar-refractivity contribution in [3.05, 3.63) is 76.2 Å². The molecule has 0 radical (unpaired) electrons. The summed E-state index contributed by atoms with van der Waals surface area (Å²) in [6.45, 7) is -0.189.